The monoisotopic (exact) mass is 289 g/mol. The van der Waals surface area contributed by atoms with E-state index in [9.17, 15) is 10.0 Å². The van der Waals surface area contributed by atoms with E-state index in [2.05, 4.69) is 10.4 Å². The molecule has 0 radical (unpaired) electrons. The van der Waals surface area contributed by atoms with Gasteiger partial charge in [-0.2, -0.15) is 0 Å². The van der Waals surface area contributed by atoms with E-state index in [1.807, 2.05) is 24.1 Å². The number of hydrazine groups is 1. The first-order valence-electron chi connectivity index (χ1n) is 7.29. The third-order valence-electron chi connectivity index (χ3n) is 4.00. The van der Waals surface area contributed by atoms with Crippen LogP contribution in [0.4, 0.5) is 0 Å². The second-order valence-electron chi connectivity index (χ2n) is 5.56. The van der Waals surface area contributed by atoms with Crippen molar-refractivity contribution < 1.29 is 14.8 Å². The molecular weight excluding hydrogens is 269 g/mol. The number of pyridine rings is 1. The van der Waals surface area contributed by atoms with Crippen molar-refractivity contribution in [2.24, 2.45) is 0 Å². The predicted molar refractivity (Wildman–Crippen MR) is 78.5 cm³/mol. The van der Waals surface area contributed by atoms with Crippen LogP contribution in [0, 0.1) is 6.92 Å². The van der Waals surface area contributed by atoms with Gasteiger partial charge in [-0.1, -0.05) is 6.07 Å². The first-order valence-corrected chi connectivity index (χ1v) is 7.29. The largest absolute Gasteiger partial charge is 0.485 e. The maximum Gasteiger partial charge on any atom is 0.485 e. The van der Waals surface area contributed by atoms with Gasteiger partial charge in [0.25, 0.3) is 0 Å². The molecule has 21 heavy (non-hydrogen) atoms. The zero-order chi connectivity index (χ0) is 14.9. The topological polar surface area (TPSA) is 77.9 Å². The molecule has 1 saturated heterocycles. The molecule has 0 amide bonds. The van der Waals surface area contributed by atoms with Gasteiger partial charge >= 0.3 is 7.12 Å². The van der Waals surface area contributed by atoms with Crippen LogP contribution in [0.15, 0.2) is 30.5 Å². The molecule has 3 heterocycles. The van der Waals surface area contributed by atoms with Crippen molar-refractivity contribution in [1.29, 1.82) is 0 Å². The molecule has 6 nitrogen and oxygen atoms in total. The molecule has 0 saturated carbocycles. The Morgan fingerprint density at radius 3 is 2.95 bits per heavy atom. The minimum atomic E-state index is -1.60. The Hall–Kier alpha value is -1.41. The van der Waals surface area contributed by atoms with E-state index < -0.39 is 12.6 Å². The van der Waals surface area contributed by atoms with Crippen molar-refractivity contribution in [3.05, 3.63) is 41.9 Å². The van der Waals surface area contributed by atoms with Crippen molar-refractivity contribution in [2.75, 3.05) is 6.61 Å². The van der Waals surface area contributed by atoms with Crippen LogP contribution >= 0.6 is 0 Å². The van der Waals surface area contributed by atoms with E-state index in [1.165, 1.54) is 0 Å². The van der Waals surface area contributed by atoms with Gasteiger partial charge in [0.1, 0.15) is 11.7 Å². The van der Waals surface area contributed by atoms with Crippen LogP contribution in [0.2, 0.25) is 0 Å². The molecule has 0 aromatic carbocycles. The summed E-state index contributed by atoms with van der Waals surface area (Å²) in [5, 5.41) is 21.6. The highest BCUT2D eigenvalue weighted by atomic mass is 16.5. The normalized spacial score (nSPS) is 28.9. The van der Waals surface area contributed by atoms with Gasteiger partial charge in [-0.3, -0.25) is 9.99 Å². The van der Waals surface area contributed by atoms with Gasteiger partial charge in [0.05, 0.1) is 5.69 Å². The van der Waals surface area contributed by atoms with Crippen LogP contribution < -0.4 is 5.43 Å². The number of aryl methyl sites for hydroxylation is 1. The number of hydrogen-bond acceptors (Lipinski definition) is 6. The third kappa shape index (κ3) is 2.69. The Morgan fingerprint density at radius 2 is 2.29 bits per heavy atom. The van der Waals surface area contributed by atoms with E-state index in [-0.39, 0.29) is 6.23 Å². The minimum Gasteiger partial charge on any atom is -0.425 e. The molecule has 7 heteroatoms. The lowest BCUT2D eigenvalue weighted by Gasteiger charge is -2.35. The molecule has 2 aliphatic rings. The number of aromatic nitrogens is 1. The smallest absolute Gasteiger partial charge is 0.425 e. The Labute approximate surface area is 124 Å². The first kappa shape index (κ1) is 14.5. The van der Waals surface area contributed by atoms with Crippen molar-refractivity contribution in [2.45, 2.75) is 37.9 Å². The standard InChI is InChI=1S/C14H20BN3O3/c1-11-5-4-6-12(16-11)14(15(19)20)8-9-18(17-14)13-7-2-3-10-21-13/h4-6,8-9,13,17,19-20H,2-3,7,10H2,1H3. The van der Waals surface area contributed by atoms with Gasteiger partial charge in [-0.15, -0.1) is 0 Å². The molecule has 112 valence electrons. The van der Waals surface area contributed by atoms with Crippen LogP contribution in [-0.2, 0) is 10.2 Å². The van der Waals surface area contributed by atoms with Gasteiger partial charge in [-0.05, 0) is 44.4 Å². The number of hydrogen-bond donors (Lipinski definition) is 3. The Kier molecular flexibility index (Phi) is 3.99. The SMILES string of the molecule is Cc1cccc(C2(B(O)O)C=CN(C3CCCCO3)N2)n1. The molecule has 2 aliphatic heterocycles. The van der Waals surface area contributed by atoms with Gasteiger partial charge in [-0.25, -0.2) is 5.43 Å². The summed E-state index contributed by atoms with van der Waals surface area (Å²) < 4.78 is 5.72. The van der Waals surface area contributed by atoms with E-state index >= 15 is 0 Å². The molecule has 3 rings (SSSR count). The summed E-state index contributed by atoms with van der Waals surface area (Å²) in [5.41, 5.74) is 3.42. The number of rotatable bonds is 3. The predicted octanol–water partition coefficient (Wildman–Crippen LogP) is 0.458. The highest BCUT2D eigenvalue weighted by molar-refractivity contribution is 6.46. The molecule has 1 aromatic heterocycles. The molecule has 0 spiro atoms. The molecule has 0 bridgehead atoms. The van der Waals surface area contributed by atoms with Crippen molar-refractivity contribution in [3.8, 4) is 0 Å². The average Bonchev–Trinajstić information content (AvgIpc) is 2.95. The summed E-state index contributed by atoms with van der Waals surface area (Å²) in [7, 11) is -1.60. The first-order chi connectivity index (χ1) is 10.1. The fourth-order valence-electron chi connectivity index (χ4n) is 2.79. The fraction of sp³-hybridized carbons (Fsp3) is 0.500. The molecule has 3 N–H and O–H groups in total. The molecular formula is C14H20BN3O3. The van der Waals surface area contributed by atoms with Gasteiger partial charge in [0, 0.05) is 18.5 Å². The maximum atomic E-state index is 9.90. The zero-order valence-corrected chi connectivity index (χ0v) is 12.1. The summed E-state index contributed by atoms with van der Waals surface area (Å²) in [6.45, 7) is 2.61. The van der Waals surface area contributed by atoms with Gasteiger partial charge in [0.2, 0.25) is 0 Å². The van der Waals surface area contributed by atoms with Crippen LogP contribution in [-0.4, -0.2) is 40.0 Å². The van der Waals surface area contributed by atoms with E-state index in [4.69, 9.17) is 4.74 Å². The fourth-order valence-corrected chi connectivity index (χ4v) is 2.79. The summed E-state index contributed by atoms with van der Waals surface area (Å²) in [6, 6.07) is 5.52. The Morgan fingerprint density at radius 1 is 1.43 bits per heavy atom. The van der Waals surface area contributed by atoms with Crippen LogP contribution in [0.3, 0.4) is 0 Å². The van der Waals surface area contributed by atoms with Crippen LogP contribution in [0.25, 0.3) is 0 Å². The van der Waals surface area contributed by atoms with E-state index in [0.29, 0.717) is 5.69 Å². The van der Waals surface area contributed by atoms with Crippen LogP contribution in [0.5, 0.6) is 0 Å². The lowest BCUT2D eigenvalue weighted by atomic mass is 9.63. The Bertz CT molecular complexity index is 534. The summed E-state index contributed by atoms with van der Waals surface area (Å²) >= 11 is 0. The lowest BCUT2D eigenvalue weighted by molar-refractivity contribution is -0.0864. The summed E-state index contributed by atoms with van der Waals surface area (Å²) in [6.07, 6.45) is 6.54. The Balaban J connectivity index is 1.85. The highest BCUT2D eigenvalue weighted by Gasteiger charge is 2.48. The average molecular weight is 289 g/mol. The minimum absolute atomic E-state index is 0.0829. The number of nitrogens with one attached hydrogen (secondary N) is 1. The van der Waals surface area contributed by atoms with Gasteiger partial charge in [0.15, 0.2) is 0 Å². The van der Waals surface area contributed by atoms with E-state index in [1.54, 1.807) is 18.3 Å². The summed E-state index contributed by atoms with van der Waals surface area (Å²) in [5.74, 6) is 0. The lowest BCUT2D eigenvalue weighted by Crippen LogP contribution is -2.57. The molecule has 1 fully saturated rings. The van der Waals surface area contributed by atoms with Crippen molar-refractivity contribution in [1.82, 2.24) is 15.4 Å². The van der Waals surface area contributed by atoms with Crippen molar-refractivity contribution in [3.63, 3.8) is 0 Å². The third-order valence-corrected chi connectivity index (χ3v) is 4.00. The molecule has 2 unspecified atom stereocenters. The zero-order valence-electron chi connectivity index (χ0n) is 12.1. The molecule has 0 aliphatic carbocycles. The molecule has 1 aromatic rings. The number of ether oxygens (including phenoxy) is 1. The van der Waals surface area contributed by atoms with Gasteiger partial charge < -0.3 is 14.8 Å². The van der Waals surface area contributed by atoms with Crippen LogP contribution in [0.1, 0.15) is 30.7 Å². The second-order valence-corrected chi connectivity index (χ2v) is 5.56. The highest BCUT2D eigenvalue weighted by Crippen LogP contribution is 2.30. The second kappa shape index (κ2) is 5.77. The quantitative estimate of drug-likeness (QED) is 0.702. The molecule has 2 atom stereocenters. The number of nitrogens with zero attached hydrogens (tertiary/aromatic N) is 2. The maximum absolute atomic E-state index is 9.90. The van der Waals surface area contributed by atoms with E-state index in [0.717, 1.165) is 31.6 Å². The summed E-state index contributed by atoms with van der Waals surface area (Å²) in [4.78, 5) is 4.43. The van der Waals surface area contributed by atoms with Crippen molar-refractivity contribution >= 4 is 7.12 Å².